The summed E-state index contributed by atoms with van der Waals surface area (Å²) in [6.45, 7) is 0.260. The molecule has 26 heavy (non-hydrogen) atoms. The van der Waals surface area contributed by atoms with Gasteiger partial charge in [-0.3, -0.25) is 5.41 Å². The Hall–Kier alpha value is -3.41. The van der Waals surface area contributed by atoms with E-state index in [1.807, 2.05) is 41.0 Å². The minimum Gasteiger partial charge on any atom is -0.336 e. The van der Waals surface area contributed by atoms with Crippen molar-refractivity contribution in [1.82, 2.24) is 4.57 Å². The topological polar surface area (TPSA) is 65.0 Å². The third-order valence-corrected chi connectivity index (χ3v) is 4.50. The number of fused-ring (bicyclic) bond motifs is 3. The van der Waals surface area contributed by atoms with Crippen LogP contribution in [0, 0.1) is 22.6 Å². The maximum atomic E-state index is 14.1. The summed E-state index contributed by atoms with van der Waals surface area (Å²) in [5.41, 5.74) is 9.76. The lowest BCUT2D eigenvalue weighted by Gasteiger charge is -2.09. The second-order valence-corrected chi connectivity index (χ2v) is 6.03. The van der Waals surface area contributed by atoms with E-state index in [2.05, 4.69) is 5.11 Å². The molecule has 0 spiro atoms. The lowest BCUT2D eigenvalue weighted by Crippen LogP contribution is -2.02. The molecule has 2 N–H and O–H groups in total. The zero-order valence-electron chi connectivity index (χ0n) is 13.6. The summed E-state index contributed by atoms with van der Waals surface area (Å²) < 4.78 is 29.3. The summed E-state index contributed by atoms with van der Waals surface area (Å²) in [5.74, 6) is -1.30. The fraction of sp³-hybridized carbons (Fsp3) is 0.0500. The summed E-state index contributed by atoms with van der Waals surface area (Å²) in [5, 5.41) is 12.8. The van der Waals surface area contributed by atoms with Crippen molar-refractivity contribution < 1.29 is 8.78 Å². The maximum Gasteiger partial charge on any atom is 0.173 e. The summed E-state index contributed by atoms with van der Waals surface area (Å²) in [6, 6.07) is 16.7. The zero-order valence-corrected chi connectivity index (χ0v) is 13.6. The molecule has 0 fully saturated rings. The standard InChI is InChI=1S/C20H14F2N4/c21-14-7-5-13(17(22)10-14)11-26-18-4-2-1-3-15(18)16-9-12(20(23)25-24)6-8-19(16)26/h1-10,23-24H,11H2. The van der Waals surface area contributed by atoms with Crippen molar-refractivity contribution in [3.63, 3.8) is 0 Å². The van der Waals surface area contributed by atoms with Crippen LogP contribution in [0.1, 0.15) is 11.1 Å². The number of nitrogens with zero attached hydrogens (tertiary/aromatic N) is 2. The Balaban J connectivity index is 1.95. The quantitative estimate of drug-likeness (QED) is 0.280. The van der Waals surface area contributed by atoms with Crippen molar-refractivity contribution in [1.29, 1.82) is 10.9 Å². The number of aromatic nitrogens is 1. The minimum absolute atomic E-state index is 0.117. The molecule has 4 rings (SSSR count). The van der Waals surface area contributed by atoms with Gasteiger partial charge in [0, 0.05) is 39.0 Å². The van der Waals surface area contributed by atoms with Crippen molar-refractivity contribution in [3.05, 3.63) is 83.4 Å². The third kappa shape index (κ3) is 2.56. The fourth-order valence-corrected chi connectivity index (χ4v) is 3.26. The van der Waals surface area contributed by atoms with Crippen molar-refractivity contribution in [2.45, 2.75) is 6.54 Å². The van der Waals surface area contributed by atoms with Gasteiger partial charge in [-0.2, -0.15) is 0 Å². The van der Waals surface area contributed by atoms with Gasteiger partial charge in [-0.15, -0.1) is 5.11 Å². The largest absolute Gasteiger partial charge is 0.336 e. The molecule has 0 unspecified atom stereocenters. The predicted octanol–water partition coefficient (Wildman–Crippen LogP) is 5.48. The average molecular weight is 348 g/mol. The second kappa shape index (κ2) is 6.15. The van der Waals surface area contributed by atoms with E-state index in [0.717, 1.165) is 27.9 Å². The van der Waals surface area contributed by atoms with E-state index in [9.17, 15) is 8.78 Å². The van der Waals surface area contributed by atoms with Gasteiger partial charge >= 0.3 is 0 Å². The van der Waals surface area contributed by atoms with Crippen LogP contribution in [0.15, 0.2) is 65.8 Å². The first-order valence-electron chi connectivity index (χ1n) is 8.00. The molecule has 3 aromatic carbocycles. The molecule has 0 aliphatic heterocycles. The highest BCUT2D eigenvalue weighted by Crippen LogP contribution is 2.31. The normalized spacial score (nSPS) is 11.2. The number of halogens is 2. The van der Waals surface area contributed by atoms with E-state index in [-0.39, 0.29) is 12.4 Å². The Morgan fingerprint density at radius 1 is 0.923 bits per heavy atom. The highest BCUT2D eigenvalue weighted by atomic mass is 19.1. The Morgan fingerprint density at radius 2 is 1.69 bits per heavy atom. The van der Waals surface area contributed by atoms with Gasteiger partial charge in [0.1, 0.15) is 11.6 Å². The molecule has 0 saturated carbocycles. The molecule has 4 aromatic rings. The van der Waals surface area contributed by atoms with Crippen LogP contribution < -0.4 is 0 Å². The van der Waals surface area contributed by atoms with Crippen LogP contribution in [-0.4, -0.2) is 10.4 Å². The summed E-state index contributed by atoms with van der Waals surface area (Å²) in [7, 11) is 0. The monoisotopic (exact) mass is 348 g/mol. The SMILES string of the molecule is N=NC(=N)c1ccc2c(c1)c1ccccc1n2Cc1ccc(F)cc1F. The molecule has 6 heteroatoms. The first-order valence-corrected chi connectivity index (χ1v) is 8.00. The lowest BCUT2D eigenvalue weighted by atomic mass is 10.1. The smallest absolute Gasteiger partial charge is 0.173 e. The van der Waals surface area contributed by atoms with Gasteiger partial charge < -0.3 is 4.57 Å². The number of benzene rings is 3. The van der Waals surface area contributed by atoms with E-state index in [0.29, 0.717) is 11.1 Å². The number of hydrogen-bond donors (Lipinski definition) is 2. The van der Waals surface area contributed by atoms with Crippen molar-refractivity contribution in [2.75, 3.05) is 0 Å². The molecule has 0 atom stereocenters. The Morgan fingerprint density at radius 3 is 2.46 bits per heavy atom. The van der Waals surface area contributed by atoms with Gasteiger partial charge in [-0.25, -0.2) is 14.3 Å². The molecule has 128 valence electrons. The highest BCUT2D eigenvalue weighted by Gasteiger charge is 2.14. The third-order valence-electron chi connectivity index (χ3n) is 4.50. The van der Waals surface area contributed by atoms with Crippen LogP contribution in [0.5, 0.6) is 0 Å². The molecule has 0 bridgehead atoms. The van der Waals surface area contributed by atoms with Gasteiger partial charge in [0.05, 0.1) is 6.54 Å². The average Bonchev–Trinajstić information content (AvgIpc) is 2.96. The number of amidine groups is 1. The molecular formula is C20H14F2N4. The van der Waals surface area contributed by atoms with E-state index < -0.39 is 11.6 Å². The number of para-hydroxylation sites is 1. The molecule has 1 heterocycles. The molecule has 0 saturated heterocycles. The number of hydrogen-bond acceptors (Lipinski definition) is 2. The summed E-state index contributed by atoms with van der Waals surface area (Å²) in [6.07, 6.45) is 0. The van der Waals surface area contributed by atoms with Crippen LogP contribution in [0.4, 0.5) is 8.78 Å². The second-order valence-electron chi connectivity index (χ2n) is 6.03. The predicted molar refractivity (Wildman–Crippen MR) is 96.9 cm³/mol. The summed E-state index contributed by atoms with van der Waals surface area (Å²) in [4.78, 5) is 0. The van der Waals surface area contributed by atoms with Crippen molar-refractivity contribution in [3.8, 4) is 0 Å². The molecule has 0 amide bonds. The summed E-state index contributed by atoms with van der Waals surface area (Å²) >= 11 is 0. The maximum absolute atomic E-state index is 14.1. The van der Waals surface area contributed by atoms with Gasteiger partial charge in [-0.1, -0.05) is 24.3 Å². The van der Waals surface area contributed by atoms with E-state index in [4.69, 9.17) is 10.9 Å². The van der Waals surface area contributed by atoms with Gasteiger partial charge in [-0.05, 0) is 30.3 Å². The molecular weight excluding hydrogens is 334 g/mol. The Labute approximate surface area is 147 Å². The van der Waals surface area contributed by atoms with Gasteiger partial charge in [0.15, 0.2) is 5.84 Å². The Kier molecular flexibility index (Phi) is 3.80. The van der Waals surface area contributed by atoms with E-state index in [1.165, 1.54) is 12.1 Å². The van der Waals surface area contributed by atoms with E-state index in [1.54, 1.807) is 6.07 Å². The molecule has 0 radical (unpaired) electrons. The molecule has 0 aliphatic rings. The first kappa shape index (κ1) is 16.1. The molecule has 1 aromatic heterocycles. The minimum atomic E-state index is -0.601. The lowest BCUT2D eigenvalue weighted by molar-refractivity contribution is 0.568. The van der Waals surface area contributed by atoms with Crippen LogP contribution in [0.3, 0.4) is 0 Å². The fourth-order valence-electron chi connectivity index (χ4n) is 3.26. The van der Waals surface area contributed by atoms with Crippen LogP contribution >= 0.6 is 0 Å². The van der Waals surface area contributed by atoms with Crippen LogP contribution in [-0.2, 0) is 6.54 Å². The zero-order chi connectivity index (χ0) is 18.3. The number of rotatable bonds is 3. The Bertz CT molecular complexity index is 1180. The van der Waals surface area contributed by atoms with E-state index >= 15 is 0 Å². The van der Waals surface area contributed by atoms with Crippen LogP contribution in [0.2, 0.25) is 0 Å². The number of nitrogens with one attached hydrogen (secondary N) is 2. The van der Waals surface area contributed by atoms with Crippen LogP contribution in [0.25, 0.3) is 21.8 Å². The highest BCUT2D eigenvalue weighted by molar-refractivity contribution is 6.11. The van der Waals surface area contributed by atoms with Gasteiger partial charge in [0.25, 0.3) is 0 Å². The van der Waals surface area contributed by atoms with Crippen molar-refractivity contribution >= 4 is 27.6 Å². The first-order chi connectivity index (χ1) is 12.6. The molecule has 4 nitrogen and oxygen atoms in total. The molecule has 0 aliphatic carbocycles. The van der Waals surface area contributed by atoms with Crippen molar-refractivity contribution in [2.24, 2.45) is 5.11 Å². The van der Waals surface area contributed by atoms with Gasteiger partial charge in [0.2, 0.25) is 0 Å².